The number of ether oxygens (including phenoxy) is 1. The van der Waals surface area contributed by atoms with Gasteiger partial charge in [-0.1, -0.05) is 38.0 Å². The first-order valence-electron chi connectivity index (χ1n) is 5.36. The van der Waals surface area contributed by atoms with Gasteiger partial charge in [0.25, 0.3) is 0 Å². The molecule has 0 saturated carbocycles. The lowest BCUT2D eigenvalue weighted by Crippen LogP contribution is -1.96. The van der Waals surface area contributed by atoms with Gasteiger partial charge in [-0.2, -0.15) is 0 Å². The molecule has 0 aliphatic carbocycles. The monoisotopic (exact) mass is 227 g/mol. The second kappa shape index (κ2) is 6.48. The Morgan fingerprint density at radius 3 is 2.71 bits per heavy atom. The van der Waals surface area contributed by atoms with Crippen molar-refractivity contribution >= 4 is 5.76 Å². The van der Waals surface area contributed by atoms with E-state index in [1.807, 2.05) is 25.1 Å². The van der Waals surface area contributed by atoms with Crippen LogP contribution in [0.1, 0.15) is 11.3 Å². The van der Waals surface area contributed by atoms with Crippen molar-refractivity contribution in [3.8, 4) is 0 Å². The van der Waals surface area contributed by atoms with E-state index in [2.05, 4.69) is 24.7 Å². The van der Waals surface area contributed by atoms with E-state index in [0.29, 0.717) is 12.4 Å². The Labute approximate surface area is 103 Å². The van der Waals surface area contributed by atoms with E-state index in [9.17, 15) is 0 Å². The number of pyridine rings is 1. The molecule has 0 unspecified atom stereocenters. The van der Waals surface area contributed by atoms with E-state index in [-0.39, 0.29) is 0 Å². The third kappa shape index (κ3) is 4.11. The maximum atomic E-state index is 5.55. The highest BCUT2D eigenvalue weighted by atomic mass is 16.5. The van der Waals surface area contributed by atoms with Crippen LogP contribution < -0.4 is 0 Å². The van der Waals surface area contributed by atoms with E-state index in [1.165, 1.54) is 0 Å². The Bertz CT molecular complexity index is 440. The lowest BCUT2D eigenvalue weighted by Gasteiger charge is -2.09. The van der Waals surface area contributed by atoms with E-state index in [1.54, 1.807) is 18.3 Å². The predicted molar refractivity (Wildman–Crippen MR) is 72.4 cm³/mol. The zero-order valence-electron chi connectivity index (χ0n) is 10.1. The van der Waals surface area contributed by atoms with Crippen LogP contribution in [0.15, 0.2) is 61.9 Å². The normalized spacial score (nSPS) is 10.8. The number of aromatic nitrogens is 1. The molecule has 1 aromatic heterocycles. The van der Waals surface area contributed by atoms with Crippen molar-refractivity contribution in [1.29, 1.82) is 0 Å². The molecule has 0 saturated heterocycles. The summed E-state index contributed by atoms with van der Waals surface area (Å²) in [5, 5.41) is 0. The zero-order chi connectivity index (χ0) is 12.7. The van der Waals surface area contributed by atoms with E-state index < -0.39 is 0 Å². The number of rotatable bonds is 6. The number of hydrogen-bond acceptors (Lipinski definition) is 2. The van der Waals surface area contributed by atoms with Crippen molar-refractivity contribution in [2.24, 2.45) is 0 Å². The van der Waals surface area contributed by atoms with Crippen molar-refractivity contribution in [1.82, 2.24) is 4.98 Å². The molecule has 0 bridgehead atoms. The van der Waals surface area contributed by atoms with Gasteiger partial charge in [0.15, 0.2) is 0 Å². The summed E-state index contributed by atoms with van der Waals surface area (Å²) in [7, 11) is 0. The van der Waals surface area contributed by atoms with Gasteiger partial charge < -0.3 is 4.74 Å². The molecular formula is C15H17NO. The second-order valence-electron chi connectivity index (χ2n) is 3.58. The van der Waals surface area contributed by atoms with Crippen LogP contribution in [-0.4, -0.2) is 11.6 Å². The lowest BCUT2D eigenvalue weighted by atomic mass is 10.2. The lowest BCUT2D eigenvalue weighted by molar-refractivity contribution is 0.314. The maximum absolute atomic E-state index is 5.55. The minimum atomic E-state index is 0.433. The summed E-state index contributed by atoms with van der Waals surface area (Å²) in [4.78, 5) is 4.19. The minimum absolute atomic E-state index is 0.433. The van der Waals surface area contributed by atoms with Gasteiger partial charge in [0, 0.05) is 17.5 Å². The molecule has 0 radical (unpaired) electrons. The van der Waals surface area contributed by atoms with Gasteiger partial charge in [-0.05, 0) is 24.6 Å². The average molecular weight is 227 g/mol. The number of aryl methyl sites for hydroxylation is 1. The molecule has 88 valence electrons. The molecule has 0 spiro atoms. The highest BCUT2D eigenvalue weighted by Crippen LogP contribution is 2.14. The molecule has 0 atom stereocenters. The smallest absolute Gasteiger partial charge is 0.121 e. The quantitative estimate of drug-likeness (QED) is 0.546. The Balaban J connectivity index is 2.61. The van der Waals surface area contributed by atoms with Crippen molar-refractivity contribution in [3.05, 3.63) is 73.1 Å². The van der Waals surface area contributed by atoms with E-state index in [0.717, 1.165) is 16.8 Å². The molecule has 1 rings (SSSR count). The van der Waals surface area contributed by atoms with Crippen LogP contribution in [0.2, 0.25) is 0 Å². The Morgan fingerprint density at radius 2 is 2.18 bits per heavy atom. The topological polar surface area (TPSA) is 22.1 Å². The van der Waals surface area contributed by atoms with Crippen molar-refractivity contribution in [2.75, 3.05) is 6.61 Å². The molecule has 0 N–H and O–H groups in total. The third-order valence-corrected chi connectivity index (χ3v) is 2.24. The van der Waals surface area contributed by atoms with E-state index in [4.69, 9.17) is 4.74 Å². The molecule has 0 aliphatic rings. The first-order chi connectivity index (χ1) is 8.17. The standard InChI is InChI=1S/C15H17NO/c1-5-7-14(6-2)11-17-13(4)15-9-8-12(3)16-10-15/h5-10H,1-2,4,11H2,3H3/b14-7+. The number of hydrogen-bond donors (Lipinski definition) is 0. The van der Waals surface area contributed by atoms with Crippen molar-refractivity contribution < 1.29 is 4.74 Å². The zero-order valence-corrected chi connectivity index (χ0v) is 10.1. The average Bonchev–Trinajstić information content (AvgIpc) is 2.35. The van der Waals surface area contributed by atoms with Gasteiger partial charge in [0.2, 0.25) is 0 Å². The molecule has 0 fully saturated rings. The SMILES string of the molecule is C=C/C=C(\C=C)COC(=C)c1ccc(C)nc1. The molecule has 0 amide bonds. The van der Waals surface area contributed by atoms with Gasteiger partial charge >= 0.3 is 0 Å². The Morgan fingerprint density at radius 1 is 1.41 bits per heavy atom. The largest absolute Gasteiger partial charge is 0.489 e. The fourth-order valence-corrected chi connectivity index (χ4v) is 1.21. The minimum Gasteiger partial charge on any atom is -0.489 e. The highest BCUT2D eigenvalue weighted by molar-refractivity contribution is 5.56. The van der Waals surface area contributed by atoms with Crippen LogP contribution in [-0.2, 0) is 4.74 Å². The van der Waals surface area contributed by atoms with Gasteiger partial charge in [-0.25, -0.2) is 0 Å². The molecule has 0 aliphatic heterocycles. The third-order valence-electron chi connectivity index (χ3n) is 2.24. The van der Waals surface area contributed by atoms with Crippen LogP contribution in [0.3, 0.4) is 0 Å². The fourth-order valence-electron chi connectivity index (χ4n) is 1.21. The number of nitrogens with zero attached hydrogens (tertiary/aromatic N) is 1. The predicted octanol–water partition coefficient (Wildman–Crippen LogP) is 3.68. The summed E-state index contributed by atoms with van der Waals surface area (Å²) >= 11 is 0. The van der Waals surface area contributed by atoms with Crippen molar-refractivity contribution in [3.63, 3.8) is 0 Å². The Hall–Kier alpha value is -2.09. The molecule has 2 nitrogen and oxygen atoms in total. The van der Waals surface area contributed by atoms with Crippen LogP contribution in [0.5, 0.6) is 0 Å². The van der Waals surface area contributed by atoms with Crippen LogP contribution in [0, 0.1) is 6.92 Å². The molecule has 2 heteroatoms. The Kier molecular flexibility index (Phi) is 4.95. The molecule has 1 aromatic rings. The maximum Gasteiger partial charge on any atom is 0.121 e. The molecule has 1 heterocycles. The van der Waals surface area contributed by atoms with Gasteiger partial charge in [0.1, 0.15) is 12.4 Å². The van der Waals surface area contributed by atoms with E-state index >= 15 is 0 Å². The fraction of sp³-hybridized carbons (Fsp3) is 0.133. The van der Waals surface area contributed by atoms with Crippen LogP contribution >= 0.6 is 0 Å². The summed E-state index contributed by atoms with van der Waals surface area (Å²) in [5.41, 5.74) is 2.82. The number of allylic oxidation sites excluding steroid dienone is 2. The summed E-state index contributed by atoms with van der Waals surface area (Å²) < 4.78 is 5.55. The highest BCUT2D eigenvalue weighted by Gasteiger charge is 2.01. The van der Waals surface area contributed by atoms with Gasteiger partial charge in [0.05, 0.1) is 0 Å². The second-order valence-corrected chi connectivity index (χ2v) is 3.58. The van der Waals surface area contributed by atoms with Gasteiger partial charge in [-0.15, -0.1) is 0 Å². The van der Waals surface area contributed by atoms with Crippen molar-refractivity contribution in [2.45, 2.75) is 6.92 Å². The first kappa shape index (κ1) is 13.0. The molecule has 17 heavy (non-hydrogen) atoms. The summed E-state index contributed by atoms with van der Waals surface area (Å²) in [5.74, 6) is 0.606. The summed E-state index contributed by atoms with van der Waals surface area (Å²) in [6, 6.07) is 3.87. The van der Waals surface area contributed by atoms with Crippen LogP contribution in [0.4, 0.5) is 0 Å². The molecular weight excluding hydrogens is 210 g/mol. The van der Waals surface area contributed by atoms with Gasteiger partial charge in [-0.3, -0.25) is 4.98 Å². The summed E-state index contributed by atoms with van der Waals surface area (Å²) in [6.45, 7) is 13.6. The first-order valence-corrected chi connectivity index (χ1v) is 5.36. The summed E-state index contributed by atoms with van der Waals surface area (Å²) in [6.07, 6.45) is 7.05. The van der Waals surface area contributed by atoms with Crippen LogP contribution in [0.25, 0.3) is 5.76 Å². The molecule has 0 aromatic carbocycles.